The van der Waals surface area contributed by atoms with Crippen LogP contribution in [-0.2, 0) is 16.0 Å². The molecule has 1 aromatic heterocycles. The van der Waals surface area contributed by atoms with E-state index in [1.165, 1.54) is 4.90 Å². The van der Waals surface area contributed by atoms with Crippen molar-refractivity contribution < 1.29 is 14.4 Å². The molecule has 1 spiro atoms. The smallest absolute Gasteiger partial charge is 0.325 e. The number of halogens is 1. The Kier molecular flexibility index (Phi) is 6.73. The van der Waals surface area contributed by atoms with Crippen LogP contribution in [0.5, 0.6) is 0 Å². The van der Waals surface area contributed by atoms with E-state index < -0.39 is 5.54 Å². The first kappa shape index (κ1) is 23.7. The van der Waals surface area contributed by atoms with Crippen molar-refractivity contribution >= 4 is 29.4 Å². The predicted molar refractivity (Wildman–Crippen MR) is 131 cm³/mol. The number of hydrogen-bond donors (Lipinski definition) is 1. The van der Waals surface area contributed by atoms with Crippen molar-refractivity contribution in [3.63, 3.8) is 0 Å². The average molecular weight is 496 g/mol. The summed E-state index contributed by atoms with van der Waals surface area (Å²) in [5, 5.41) is 3.58. The Balaban J connectivity index is 1.19. The Hall–Kier alpha value is -3.00. The summed E-state index contributed by atoms with van der Waals surface area (Å²) in [5.74, 6) is -0.101. The van der Waals surface area contributed by atoms with Gasteiger partial charge in [-0.25, -0.2) is 4.79 Å². The molecule has 8 nitrogen and oxygen atoms in total. The van der Waals surface area contributed by atoms with E-state index in [1.807, 2.05) is 29.2 Å². The summed E-state index contributed by atoms with van der Waals surface area (Å²) in [6.07, 6.45) is 9.94. The molecule has 3 heterocycles. The zero-order chi connectivity index (χ0) is 24.4. The minimum atomic E-state index is -0.699. The van der Waals surface area contributed by atoms with Gasteiger partial charge in [0.25, 0.3) is 5.91 Å². The first-order chi connectivity index (χ1) is 16.9. The lowest BCUT2D eigenvalue weighted by Gasteiger charge is -2.25. The molecule has 1 saturated carbocycles. The summed E-state index contributed by atoms with van der Waals surface area (Å²) in [7, 11) is 0. The molecule has 4 amide bonds. The molecule has 5 rings (SSSR count). The number of aromatic nitrogens is 2. The molecule has 0 radical (unpaired) electrons. The topological polar surface area (TPSA) is 95.5 Å². The number of carbonyl (C=O) groups excluding carboxylic acids is 3. The molecule has 1 aliphatic carbocycles. The molecule has 9 heteroatoms. The summed E-state index contributed by atoms with van der Waals surface area (Å²) in [4.78, 5) is 50.6. The second-order valence-electron chi connectivity index (χ2n) is 9.77. The number of carbonyl (C=O) groups is 3. The predicted octanol–water partition coefficient (Wildman–Crippen LogP) is 4.03. The molecule has 1 aromatic carbocycles. The van der Waals surface area contributed by atoms with Gasteiger partial charge in [-0.15, -0.1) is 0 Å². The Morgan fingerprint density at radius 1 is 1.17 bits per heavy atom. The number of urea groups is 1. The van der Waals surface area contributed by atoms with Gasteiger partial charge >= 0.3 is 6.03 Å². The van der Waals surface area contributed by atoms with Gasteiger partial charge in [0.2, 0.25) is 5.91 Å². The maximum Gasteiger partial charge on any atom is 0.325 e. The van der Waals surface area contributed by atoms with Crippen LogP contribution in [0.25, 0.3) is 0 Å². The minimum absolute atomic E-state index is 0.0252. The molecular weight excluding hydrogens is 466 g/mol. The van der Waals surface area contributed by atoms with E-state index in [-0.39, 0.29) is 36.9 Å². The standard InChI is InChI=1S/C26H30ClN5O3/c27-19-7-3-6-18(14-19)15-20-16-28-17-21(29-20)22-8-4-12-31(22)23(33)9-5-13-32-24(34)26(30-25(32)35)10-1-2-11-26/h3,6-7,14,16-17,22H,1-2,4-5,8-13,15H2,(H,30,35)/t22-/m0/s1. The molecule has 35 heavy (non-hydrogen) atoms. The fourth-order valence-corrected chi connectivity index (χ4v) is 5.84. The fraction of sp³-hybridized carbons (Fsp3) is 0.500. The zero-order valence-corrected chi connectivity index (χ0v) is 20.5. The number of imide groups is 1. The molecule has 1 atom stereocenters. The van der Waals surface area contributed by atoms with Crippen LogP contribution >= 0.6 is 11.6 Å². The Morgan fingerprint density at radius 3 is 2.80 bits per heavy atom. The van der Waals surface area contributed by atoms with Crippen molar-refractivity contribution in [2.45, 2.75) is 69.4 Å². The number of nitrogens with zero attached hydrogens (tertiary/aromatic N) is 4. The monoisotopic (exact) mass is 495 g/mol. The molecule has 2 saturated heterocycles. The normalized spacial score (nSPS) is 21.2. The molecule has 0 unspecified atom stereocenters. The van der Waals surface area contributed by atoms with Gasteiger partial charge in [-0.1, -0.05) is 36.6 Å². The third-order valence-corrected chi connectivity index (χ3v) is 7.60. The highest BCUT2D eigenvalue weighted by Crippen LogP contribution is 2.35. The molecule has 184 valence electrons. The number of nitrogens with one attached hydrogen (secondary N) is 1. The lowest BCUT2D eigenvalue weighted by atomic mass is 9.98. The van der Waals surface area contributed by atoms with Gasteiger partial charge in [-0.05, 0) is 49.8 Å². The summed E-state index contributed by atoms with van der Waals surface area (Å²) in [5.41, 5.74) is 2.00. The van der Waals surface area contributed by atoms with Crippen molar-refractivity contribution in [1.82, 2.24) is 25.1 Å². The van der Waals surface area contributed by atoms with Gasteiger partial charge in [-0.3, -0.25) is 24.5 Å². The van der Waals surface area contributed by atoms with Crippen LogP contribution in [0.2, 0.25) is 5.02 Å². The number of benzene rings is 1. The van der Waals surface area contributed by atoms with E-state index in [0.29, 0.717) is 37.3 Å². The highest BCUT2D eigenvalue weighted by molar-refractivity contribution is 6.30. The fourth-order valence-electron chi connectivity index (χ4n) is 5.63. The van der Waals surface area contributed by atoms with E-state index in [0.717, 1.165) is 42.6 Å². The van der Waals surface area contributed by atoms with Gasteiger partial charge in [0.05, 0.1) is 23.6 Å². The van der Waals surface area contributed by atoms with E-state index in [9.17, 15) is 14.4 Å². The summed E-state index contributed by atoms with van der Waals surface area (Å²) in [6, 6.07) is 7.25. The minimum Gasteiger partial charge on any atom is -0.334 e. The number of likely N-dealkylation sites (tertiary alicyclic amines) is 1. The molecule has 0 bridgehead atoms. The first-order valence-electron chi connectivity index (χ1n) is 12.4. The summed E-state index contributed by atoms with van der Waals surface area (Å²) >= 11 is 6.11. The van der Waals surface area contributed by atoms with Crippen LogP contribution in [0, 0.1) is 0 Å². The van der Waals surface area contributed by atoms with E-state index >= 15 is 0 Å². The maximum atomic E-state index is 13.1. The Labute approximate surface area is 210 Å². The van der Waals surface area contributed by atoms with E-state index in [4.69, 9.17) is 16.6 Å². The molecule has 3 fully saturated rings. The highest BCUT2D eigenvalue weighted by atomic mass is 35.5. The van der Waals surface area contributed by atoms with Crippen molar-refractivity contribution in [2.24, 2.45) is 0 Å². The van der Waals surface area contributed by atoms with Gasteiger partial charge in [-0.2, -0.15) is 0 Å². The van der Waals surface area contributed by atoms with E-state index in [2.05, 4.69) is 10.3 Å². The van der Waals surface area contributed by atoms with Gasteiger partial charge in [0.1, 0.15) is 5.54 Å². The molecular formula is C26H30ClN5O3. The van der Waals surface area contributed by atoms with E-state index in [1.54, 1.807) is 12.4 Å². The van der Waals surface area contributed by atoms with Crippen LogP contribution in [0.1, 0.15) is 74.4 Å². The molecule has 3 aliphatic rings. The van der Waals surface area contributed by atoms with Crippen LogP contribution in [0.3, 0.4) is 0 Å². The van der Waals surface area contributed by atoms with Crippen molar-refractivity contribution in [3.8, 4) is 0 Å². The number of rotatable bonds is 7. The molecule has 2 aromatic rings. The number of hydrogen-bond acceptors (Lipinski definition) is 5. The number of amides is 4. The van der Waals surface area contributed by atoms with Crippen LogP contribution in [0.4, 0.5) is 4.79 Å². The van der Waals surface area contributed by atoms with Gasteiger partial charge in [0.15, 0.2) is 0 Å². The lowest BCUT2D eigenvalue weighted by Crippen LogP contribution is -2.44. The average Bonchev–Trinajstić information content (AvgIpc) is 3.56. The second kappa shape index (κ2) is 9.93. The maximum absolute atomic E-state index is 13.1. The SMILES string of the molecule is O=C1NC2(CCCC2)C(=O)N1CCCC(=O)N1CCC[C@H]1c1cncc(Cc2cccc(Cl)c2)n1. The second-order valence-corrected chi connectivity index (χ2v) is 10.2. The first-order valence-corrected chi connectivity index (χ1v) is 12.8. The van der Waals surface area contributed by atoms with Crippen molar-refractivity contribution in [1.29, 1.82) is 0 Å². The summed E-state index contributed by atoms with van der Waals surface area (Å²) < 4.78 is 0. The van der Waals surface area contributed by atoms with Crippen LogP contribution in [0.15, 0.2) is 36.7 Å². The van der Waals surface area contributed by atoms with Crippen molar-refractivity contribution in [3.05, 3.63) is 58.6 Å². The van der Waals surface area contributed by atoms with Crippen LogP contribution in [-0.4, -0.2) is 56.2 Å². The Morgan fingerprint density at radius 2 is 2.00 bits per heavy atom. The van der Waals surface area contributed by atoms with Gasteiger partial charge < -0.3 is 10.2 Å². The summed E-state index contributed by atoms with van der Waals surface area (Å²) in [6.45, 7) is 0.946. The third-order valence-electron chi connectivity index (χ3n) is 7.37. The Bertz CT molecular complexity index is 1130. The zero-order valence-electron chi connectivity index (χ0n) is 19.7. The van der Waals surface area contributed by atoms with Crippen molar-refractivity contribution in [2.75, 3.05) is 13.1 Å². The highest BCUT2D eigenvalue weighted by Gasteiger charge is 2.52. The third kappa shape index (κ3) is 4.89. The largest absolute Gasteiger partial charge is 0.334 e. The lowest BCUT2D eigenvalue weighted by molar-refractivity contribution is -0.134. The molecule has 1 N–H and O–H groups in total. The quantitative estimate of drug-likeness (QED) is 0.585. The van der Waals surface area contributed by atoms with Gasteiger partial charge in [0, 0.05) is 37.2 Å². The van der Waals surface area contributed by atoms with Crippen LogP contribution < -0.4 is 5.32 Å². The molecule has 2 aliphatic heterocycles.